The first kappa shape index (κ1) is 23.8. The number of benzene rings is 2. The largest absolute Gasteiger partial charge is 0.428 e. The summed E-state index contributed by atoms with van der Waals surface area (Å²) in [4.78, 5) is 16.7. The number of hydrogen-bond donors (Lipinski definition) is 1. The molecule has 174 valence electrons. The van der Waals surface area contributed by atoms with Crippen LogP contribution in [0.4, 0.5) is 0 Å². The lowest BCUT2D eigenvalue weighted by Crippen LogP contribution is -2.32. The Morgan fingerprint density at radius 1 is 1.18 bits per heavy atom. The summed E-state index contributed by atoms with van der Waals surface area (Å²) < 4.78 is 38.0. The summed E-state index contributed by atoms with van der Waals surface area (Å²) in [5.74, 6) is -0.0818. The summed E-state index contributed by atoms with van der Waals surface area (Å²) >= 11 is 6.90. The maximum Gasteiger partial charge on any atom is 0.230 e. The van der Waals surface area contributed by atoms with E-state index in [4.69, 9.17) is 20.8 Å². The normalized spacial score (nSPS) is 16.1. The SMILES string of the molecule is Cc1ccc(-c2nc(S(=O)(=O)c3ccc(Cl)cc3)c(SCC(=O)NCC3CCCO3)o2)cc1. The third kappa shape index (κ3) is 5.78. The van der Waals surface area contributed by atoms with Crippen LogP contribution in [0.3, 0.4) is 0 Å². The third-order valence-corrected chi connectivity index (χ3v) is 8.13. The van der Waals surface area contributed by atoms with Crippen molar-refractivity contribution in [3.8, 4) is 11.5 Å². The average molecular weight is 507 g/mol. The number of ether oxygens (including phenoxy) is 1. The highest BCUT2D eigenvalue weighted by atomic mass is 35.5. The molecule has 1 unspecified atom stereocenters. The maximum atomic E-state index is 13.3. The monoisotopic (exact) mass is 506 g/mol. The van der Waals surface area contributed by atoms with Crippen molar-refractivity contribution in [1.29, 1.82) is 0 Å². The maximum absolute atomic E-state index is 13.3. The van der Waals surface area contributed by atoms with E-state index in [1.165, 1.54) is 24.3 Å². The number of oxazole rings is 1. The Balaban J connectivity index is 1.59. The summed E-state index contributed by atoms with van der Waals surface area (Å²) in [5.41, 5.74) is 1.69. The van der Waals surface area contributed by atoms with Crippen molar-refractivity contribution in [2.45, 2.75) is 40.9 Å². The van der Waals surface area contributed by atoms with Gasteiger partial charge < -0.3 is 14.5 Å². The first-order chi connectivity index (χ1) is 15.8. The number of carbonyl (C=O) groups is 1. The van der Waals surface area contributed by atoms with E-state index in [2.05, 4.69) is 10.3 Å². The van der Waals surface area contributed by atoms with Gasteiger partial charge in [-0.15, -0.1) is 0 Å². The summed E-state index contributed by atoms with van der Waals surface area (Å²) in [5, 5.41) is 3.09. The molecule has 0 saturated carbocycles. The molecule has 1 saturated heterocycles. The second-order valence-corrected chi connectivity index (χ2v) is 10.9. The van der Waals surface area contributed by atoms with Crippen LogP contribution in [0.5, 0.6) is 0 Å². The minimum atomic E-state index is -3.99. The minimum absolute atomic E-state index is 0.0155. The molecule has 0 radical (unpaired) electrons. The van der Waals surface area contributed by atoms with Gasteiger partial charge in [0.2, 0.25) is 31.8 Å². The molecule has 0 bridgehead atoms. The van der Waals surface area contributed by atoms with Gasteiger partial charge in [-0.2, -0.15) is 4.98 Å². The van der Waals surface area contributed by atoms with E-state index in [1.807, 2.05) is 31.2 Å². The second kappa shape index (κ2) is 10.3. The van der Waals surface area contributed by atoms with Gasteiger partial charge in [0.15, 0.2) is 0 Å². The molecule has 4 rings (SSSR count). The molecule has 2 heterocycles. The van der Waals surface area contributed by atoms with Crippen molar-refractivity contribution in [3.05, 3.63) is 59.1 Å². The van der Waals surface area contributed by atoms with Gasteiger partial charge >= 0.3 is 0 Å². The van der Waals surface area contributed by atoms with Crippen LogP contribution in [0.1, 0.15) is 18.4 Å². The van der Waals surface area contributed by atoms with Crippen molar-refractivity contribution in [1.82, 2.24) is 10.3 Å². The van der Waals surface area contributed by atoms with Gasteiger partial charge in [-0.25, -0.2) is 8.42 Å². The highest BCUT2D eigenvalue weighted by Gasteiger charge is 2.29. The zero-order chi connectivity index (χ0) is 23.4. The van der Waals surface area contributed by atoms with Crippen molar-refractivity contribution in [2.24, 2.45) is 0 Å². The van der Waals surface area contributed by atoms with Gasteiger partial charge in [0.1, 0.15) is 0 Å². The van der Waals surface area contributed by atoms with Crippen molar-refractivity contribution in [3.63, 3.8) is 0 Å². The van der Waals surface area contributed by atoms with E-state index in [-0.39, 0.29) is 38.7 Å². The predicted molar refractivity (Wildman–Crippen MR) is 126 cm³/mol. The molecule has 1 aliphatic heterocycles. The van der Waals surface area contributed by atoms with Gasteiger partial charge in [0.05, 0.1) is 16.8 Å². The average Bonchev–Trinajstić information content (AvgIpc) is 3.47. The van der Waals surface area contributed by atoms with Crippen LogP contribution in [-0.4, -0.2) is 44.3 Å². The number of halogens is 1. The van der Waals surface area contributed by atoms with E-state index in [0.717, 1.165) is 30.2 Å². The van der Waals surface area contributed by atoms with Crippen LogP contribution < -0.4 is 5.32 Å². The molecule has 10 heteroatoms. The van der Waals surface area contributed by atoms with Crippen LogP contribution in [0.25, 0.3) is 11.5 Å². The Bertz CT molecular complexity index is 1220. The van der Waals surface area contributed by atoms with Crippen LogP contribution in [0.2, 0.25) is 5.02 Å². The number of aromatic nitrogens is 1. The highest BCUT2D eigenvalue weighted by Crippen LogP contribution is 2.35. The van der Waals surface area contributed by atoms with Gasteiger partial charge in [0.25, 0.3) is 0 Å². The molecule has 1 N–H and O–H groups in total. The molecule has 1 fully saturated rings. The lowest BCUT2D eigenvalue weighted by atomic mass is 10.1. The molecule has 0 aliphatic carbocycles. The molecule has 33 heavy (non-hydrogen) atoms. The lowest BCUT2D eigenvalue weighted by molar-refractivity contribution is -0.119. The molecule has 1 amide bonds. The van der Waals surface area contributed by atoms with Crippen LogP contribution in [0, 0.1) is 6.92 Å². The molecule has 0 spiro atoms. The van der Waals surface area contributed by atoms with E-state index in [0.29, 0.717) is 23.7 Å². The van der Waals surface area contributed by atoms with Gasteiger partial charge in [-0.05, 0) is 56.2 Å². The fourth-order valence-electron chi connectivity index (χ4n) is 3.31. The van der Waals surface area contributed by atoms with E-state index < -0.39 is 9.84 Å². The second-order valence-electron chi connectivity index (χ2n) is 7.66. The first-order valence-electron chi connectivity index (χ1n) is 10.4. The van der Waals surface area contributed by atoms with E-state index in [1.54, 1.807) is 0 Å². The standard InChI is InChI=1S/C23H23ClN2O5S2/c1-15-4-6-16(7-5-15)21-26-22(33(28,29)19-10-8-17(24)9-11-19)23(31-21)32-14-20(27)25-13-18-3-2-12-30-18/h4-11,18H,2-3,12-14H2,1H3,(H,25,27). The number of sulfone groups is 1. The van der Waals surface area contributed by atoms with Crippen molar-refractivity contribution >= 4 is 39.1 Å². The zero-order valence-corrected chi connectivity index (χ0v) is 20.3. The Labute approximate surface area is 201 Å². The number of amides is 1. The summed E-state index contributed by atoms with van der Waals surface area (Å²) in [6.45, 7) is 3.09. The number of rotatable bonds is 8. The highest BCUT2D eigenvalue weighted by molar-refractivity contribution is 8.00. The molecule has 7 nitrogen and oxygen atoms in total. The fraction of sp³-hybridized carbons (Fsp3) is 0.304. The van der Waals surface area contributed by atoms with Gasteiger partial charge in [0, 0.05) is 23.7 Å². The smallest absolute Gasteiger partial charge is 0.230 e. The molecule has 1 aliphatic rings. The van der Waals surface area contributed by atoms with Crippen LogP contribution in [0.15, 0.2) is 68.0 Å². The number of thioether (sulfide) groups is 1. The molecular formula is C23H23ClN2O5S2. The summed E-state index contributed by atoms with van der Waals surface area (Å²) in [7, 11) is -3.99. The lowest BCUT2D eigenvalue weighted by Gasteiger charge is -2.10. The van der Waals surface area contributed by atoms with Crippen molar-refractivity contribution < 1.29 is 22.4 Å². The summed E-state index contributed by atoms with van der Waals surface area (Å²) in [6, 6.07) is 13.2. The third-order valence-electron chi connectivity index (χ3n) is 5.13. The zero-order valence-electron chi connectivity index (χ0n) is 17.9. The van der Waals surface area contributed by atoms with Gasteiger partial charge in [-0.3, -0.25) is 4.79 Å². The first-order valence-corrected chi connectivity index (χ1v) is 13.3. The Hall–Kier alpha value is -2.33. The number of hydrogen-bond acceptors (Lipinski definition) is 7. The minimum Gasteiger partial charge on any atom is -0.428 e. The van der Waals surface area contributed by atoms with Crippen molar-refractivity contribution in [2.75, 3.05) is 18.9 Å². The molecule has 1 atom stereocenters. The predicted octanol–water partition coefficient (Wildman–Crippen LogP) is 4.52. The number of nitrogens with zero attached hydrogens (tertiary/aromatic N) is 1. The molecular weight excluding hydrogens is 484 g/mol. The number of aryl methyl sites for hydroxylation is 1. The number of carbonyl (C=O) groups excluding carboxylic acids is 1. The molecule has 1 aromatic heterocycles. The number of nitrogens with one attached hydrogen (secondary N) is 1. The van der Waals surface area contributed by atoms with Crippen LogP contribution >= 0.6 is 23.4 Å². The van der Waals surface area contributed by atoms with Crippen LogP contribution in [-0.2, 0) is 19.4 Å². The Morgan fingerprint density at radius 2 is 1.91 bits per heavy atom. The summed E-state index contributed by atoms with van der Waals surface area (Å²) in [6.07, 6.45) is 1.93. The Morgan fingerprint density at radius 3 is 2.58 bits per heavy atom. The molecule has 3 aromatic rings. The van der Waals surface area contributed by atoms with E-state index >= 15 is 0 Å². The van der Waals surface area contributed by atoms with Gasteiger partial charge in [-0.1, -0.05) is 41.1 Å². The quantitative estimate of drug-likeness (QED) is 0.448. The fourth-order valence-corrected chi connectivity index (χ4v) is 5.80. The van der Waals surface area contributed by atoms with E-state index in [9.17, 15) is 13.2 Å². The molecule has 2 aromatic carbocycles. The topological polar surface area (TPSA) is 98.5 Å². The Kier molecular flexibility index (Phi) is 7.43.